The van der Waals surface area contributed by atoms with Crippen LogP contribution in [0.5, 0.6) is 0 Å². The number of amides is 1. The second-order valence-corrected chi connectivity index (χ2v) is 7.80. The van der Waals surface area contributed by atoms with E-state index in [9.17, 15) is 9.18 Å². The summed E-state index contributed by atoms with van der Waals surface area (Å²) in [5.74, 6) is 0.636. The minimum atomic E-state index is -0.217. The van der Waals surface area contributed by atoms with E-state index in [0.717, 1.165) is 54.9 Å². The summed E-state index contributed by atoms with van der Waals surface area (Å²) in [4.78, 5) is 21.8. The first kappa shape index (κ1) is 20.1. The molecule has 1 saturated heterocycles. The molecule has 0 bridgehead atoms. The standard InChI is InChI=1S/C24H27FN4O/c1-3-17(2)27-24(30)19-5-4-18-10-11-26-23(22(18)16-19)29-14-12-28(13-15-29)21-8-6-20(25)7-9-21/h4-11,16-17H,3,12-15H2,1-2H3,(H,27,30). The van der Waals surface area contributed by atoms with Crippen LogP contribution in [0.3, 0.4) is 0 Å². The molecule has 0 saturated carbocycles. The summed E-state index contributed by atoms with van der Waals surface area (Å²) in [6, 6.07) is 14.6. The van der Waals surface area contributed by atoms with E-state index in [-0.39, 0.29) is 17.8 Å². The van der Waals surface area contributed by atoms with Crippen molar-refractivity contribution in [2.45, 2.75) is 26.3 Å². The fraction of sp³-hybridized carbons (Fsp3) is 0.333. The van der Waals surface area contributed by atoms with Crippen molar-refractivity contribution in [2.24, 2.45) is 0 Å². The Morgan fingerprint density at radius 2 is 1.77 bits per heavy atom. The Morgan fingerprint density at radius 3 is 2.47 bits per heavy atom. The van der Waals surface area contributed by atoms with Gasteiger partial charge in [-0.15, -0.1) is 0 Å². The number of carbonyl (C=O) groups excluding carboxylic acids is 1. The van der Waals surface area contributed by atoms with Gasteiger partial charge in [-0.05, 0) is 61.2 Å². The number of pyridine rings is 1. The topological polar surface area (TPSA) is 48.5 Å². The van der Waals surface area contributed by atoms with Crippen LogP contribution in [0, 0.1) is 5.82 Å². The lowest BCUT2D eigenvalue weighted by molar-refractivity contribution is 0.0939. The maximum atomic E-state index is 13.2. The second kappa shape index (κ2) is 8.69. The number of hydrogen-bond acceptors (Lipinski definition) is 4. The van der Waals surface area contributed by atoms with Gasteiger partial charge in [-0.3, -0.25) is 4.79 Å². The Hall–Kier alpha value is -3.15. The highest BCUT2D eigenvalue weighted by Crippen LogP contribution is 2.27. The lowest BCUT2D eigenvalue weighted by Gasteiger charge is -2.37. The third-order valence-electron chi connectivity index (χ3n) is 5.77. The van der Waals surface area contributed by atoms with Crippen molar-refractivity contribution in [2.75, 3.05) is 36.0 Å². The van der Waals surface area contributed by atoms with Gasteiger partial charge < -0.3 is 15.1 Å². The van der Waals surface area contributed by atoms with Gasteiger partial charge in [0.05, 0.1) is 0 Å². The highest BCUT2D eigenvalue weighted by molar-refractivity contribution is 6.01. The number of carbonyl (C=O) groups is 1. The first-order valence-corrected chi connectivity index (χ1v) is 10.5. The van der Waals surface area contributed by atoms with Crippen molar-refractivity contribution in [3.63, 3.8) is 0 Å². The quantitative estimate of drug-likeness (QED) is 0.689. The van der Waals surface area contributed by atoms with Gasteiger partial charge in [0.25, 0.3) is 5.91 Å². The fourth-order valence-electron chi connectivity index (χ4n) is 3.78. The van der Waals surface area contributed by atoms with Crippen molar-refractivity contribution in [3.8, 4) is 0 Å². The summed E-state index contributed by atoms with van der Waals surface area (Å²) >= 11 is 0. The SMILES string of the molecule is CCC(C)NC(=O)c1ccc2ccnc(N3CCN(c4ccc(F)cc4)CC3)c2c1. The highest BCUT2D eigenvalue weighted by atomic mass is 19.1. The molecular weight excluding hydrogens is 379 g/mol. The van der Waals surface area contributed by atoms with Crippen molar-refractivity contribution in [3.05, 3.63) is 66.1 Å². The van der Waals surface area contributed by atoms with Gasteiger partial charge in [-0.1, -0.05) is 13.0 Å². The minimum Gasteiger partial charge on any atom is -0.368 e. The maximum absolute atomic E-state index is 13.2. The van der Waals surface area contributed by atoms with Crippen molar-refractivity contribution < 1.29 is 9.18 Å². The molecule has 1 unspecified atom stereocenters. The van der Waals surface area contributed by atoms with E-state index in [1.165, 1.54) is 12.1 Å². The molecule has 1 N–H and O–H groups in total. The molecule has 0 spiro atoms. The monoisotopic (exact) mass is 406 g/mol. The van der Waals surface area contributed by atoms with E-state index in [4.69, 9.17) is 0 Å². The largest absolute Gasteiger partial charge is 0.368 e. The molecule has 1 atom stereocenters. The molecule has 0 aliphatic carbocycles. The summed E-state index contributed by atoms with van der Waals surface area (Å²) in [7, 11) is 0. The predicted molar refractivity (Wildman–Crippen MR) is 120 cm³/mol. The van der Waals surface area contributed by atoms with E-state index in [2.05, 4.69) is 27.0 Å². The summed E-state index contributed by atoms with van der Waals surface area (Å²) in [6.07, 6.45) is 2.72. The van der Waals surface area contributed by atoms with Gasteiger partial charge in [-0.2, -0.15) is 0 Å². The van der Waals surface area contributed by atoms with Crippen molar-refractivity contribution in [1.29, 1.82) is 0 Å². The Morgan fingerprint density at radius 1 is 1.07 bits per heavy atom. The zero-order valence-corrected chi connectivity index (χ0v) is 17.4. The van der Waals surface area contributed by atoms with Crippen LogP contribution in [0.2, 0.25) is 0 Å². The lowest BCUT2D eigenvalue weighted by atomic mass is 10.1. The van der Waals surface area contributed by atoms with Crippen LogP contribution in [0.1, 0.15) is 30.6 Å². The number of rotatable bonds is 5. The zero-order valence-electron chi connectivity index (χ0n) is 17.4. The van der Waals surface area contributed by atoms with Crippen molar-refractivity contribution >= 4 is 28.2 Å². The summed E-state index contributed by atoms with van der Waals surface area (Å²) in [5.41, 5.74) is 1.69. The number of anilines is 2. The number of nitrogens with one attached hydrogen (secondary N) is 1. The van der Waals surface area contributed by atoms with E-state index >= 15 is 0 Å². The highest BCUT2D eigenvalue weighted by Gasteiger charge is 2.20. The molecule has 5 nitrogen and oxygen atoms in total. The molecular formula is C24H27FN4O. The van der Waals surface area contributed by atoms with Crippen LogP contribution in [0.25, 0.3) is 10.8 Å². The van der Waals surface area contributed by atoms with Gasteiger partial charge in [0.2, 0.25) is 0 Å². The van der Waals surface area contributed by atoms with Gasteiger partial charge in [-0.25, -0.2) is 9.37 Å². The molecule has 1 aliphatic rings. The van der Waals surface area contributed by atoms with E-state index in [0.29, 0.717) is 5.56 Å². The molecule has 1 aromatic heterocycles. The molecule has 2 heterocycles. The Kier molecular flexibility index (Phi) is 5.84. The van der Waals surface area contributed by atoms with Crippen LogP contribution in [-0.4, -0.2) is 43.1 Å². The molecule has 1 fully saturated rings. The molecule has 1 aliphatic heterocycles. The predicted octanol–water partition coefficient (Wildman–Crippen LogP) is 4.23. The number of piperazine rings is 1. The third-order valence-corrected chi connectivity index (χ3v) is 5.77. The molecule has 1 amide bonds. The number of nitrogens with zero attached hydrogens (tertiary/aromatic N) is 3. The van der Waals surface area contributed by atoms with Crippen LogP contribution < -0.4 is 15.1 Å². The number of aromatic nitrogens is 1. The average molecular weight is 407 g/mol. The second-order valence-electron chi connectivity index (χ2n) is 7.80. The van der Waals surface area contributed by atoms with Crippen molar-refractivity contribution in [1.82, 2.24) is 10.3 Å². The molecule has 2 aromatic carbocycles. The fourth-order valence-corrected chi connectivity index (χ4v) is 3.78. The van der Waals surface area contributed by atoms with Gasteiger partial charge in [0, 0.05) is 55.1 Å². The molecule has 6 heteroatoms. The average Bonchev–Trinajstić information content (AvgIpc) is 2.79. The van der Waals surface area contributed by atoms with E-state index in [1.54, 1.807) is 0 Å². The molecule has 156 valence electrons. The van der Waals surface area contributed by atoms with Gasteiger partial charge >= 0.3 is 0 Å². The lowest BCUT2D eigenvalue weighted by Crippen LogP contribution is -2.46. The summed E-state index contributed by atoms with van der Waals surface area (Å²) in [5, 5.41) is 5.09. The number of fused-ring (bicyclic) bond motifs is 1. The first-order valence-electron chi connectivity index (χ1n) is 10.5. The summed E-state index contributed by atoms with van der Waals surface area (Å²) < 4.78 is 13.2. The molecule has 30 heavy (non-hydrogen) atoms. The number of halogens is 1. The normalized spacial score (nSPS) is 15.3. The molecule has 4 rings (SSSR count). The molecule has 3 aromatic rings. The van der Waals surface area contributed by atoms with E-state index in [1.807, 2.05) is 49.5 Å². The number of benzene rings is 2. The Bertz CT molecular complexity index is 1030. The van der Waals surface area contributed by atoms with E-state index < -0.39 is 0 Å². The maximum Gasteiger partial charge on any atom is 0.251 e. The smallest absolute Gasteiger partial charge is 0.251 e. The molecule has 0 radical (unpaired) electrons. The van der Waals surface area contributed by atoms with Gasteiger partial charge in [0.1, 0.15) is 11.6 Å². The van der Waals surface area contributed by atoms with Crippen LogP contribution >= 0.6 is 0 Å². The first-order chi connectivity index (χ1) is 14.5. The van der Waals surface area contributed by atoms with Crippen LogP contribution in [-0.2, 0) is 0 Å². The van der Waals surface area contributed by atoms with Gasteiger partial charge in [0.15, 0.2) is 0 Å². The van der Waals surface area contributed by atoms with Crippen LogP contribution in [0.4, 0.5) is 15.9 Å². The number of hydrogen-bond donors (Lipinski definition) is 1. The van der Waals surface area contributed by atoms with Crippen LogP contribution in [0.15, 0.2) is 54.7 Å². The Labute approximate surface area is 176 Å². The minimum absolute atomic E-state index is 0.0535. The zero-order chi connectivity index (χ0) is 21.1. The Balaban J connectivity index is 1.54. The third kappa shape index (κ3) is 4.22. The summed E-state index contributed by atoms with van der Waals surface area (Å²) in [6.45, 7) is 7.35.